The monoisotopic (exact) mass is 205 g/mol. The lowest BCUT2D eigenvalue weighted by atomic mass is 9.98. The van der Waals surface area contributed by atoms with Gasteiger partial charge in [-0.1, -0.05) is 23.8 Å². The van der Waals surface area contributed by atoms with E-state index in [2.05, 4.69) is 6.07 Å². The number of benzene rings is 1. The maximum absolute atomic E-state index is 11.5. The number of methoxy groups -OCH3 is 1. The van der Waals surface area contributed by atoms with Crippen molar-refractivity contribution >= 4 is 5.97 Å². The smallest absolute Gasteiger partial charge is 0.326 e. The Morgan fingerprint density at radius 2 is 2.07 bits per heavy atom. The van der Waals surface area contributed by atoms with E-state index in [4.69, 9.17) is 10.5 Å². The largest absolute Gasteiger partial charge is 0.468 e. The average molecular weight is 205 g/mol. The van der Waals surface area contributed by atoms with Gasteiger partial charge >= 0.3 is 5.97 Å². The van der Waals surface area contributed by atoms with Crippen LogP contribution < -0.4 is 5.73 Å². The number of carbonyl (C=O) groups excluding carboxylic acids is 1. The Kier molecular flexibility index (Phi) is 2.27. The zero-order valence-corrected chi connectivity index (χ0v) is 9.04. The lowest BCUT2D eigenvalue weighted by molar-refractivity contribution is -0.146. The summed E-state index contributed by atoms with van der Waals surface area (Å²) in [5, 5.41) is 0. The van der Waals surface area contributed by atoms with Gasteiger partial charge in [-0.15, -0.1) is 0 Å². The Morgan fingerprint density at radius 1 is 1.40 bits per heavy atom. The van der Waals surface area contributed by atoms with E-state index in [0.717, 1.165) is 5.56 Å². The Hall–Kier alpha value is -1.35. The number of hydrogen-bond donors (Lipinski definition) is 1. The van der Waals surface area contributed by atoms with Crippen LogP contribution in [0.4, 0.5) is 0 Å². The molecule has 1 aromatic carbocycles. The SMILES string of the molecule is COC(=O)C1(N)Cc2ccc(C)cc2C1. The maximum Gasteiger partial charge on any atom is 0.326 e. The summed E-state index contributed by atoms with van der Waals surface area (Å²) in [4.78, 5) is 11.5. The maximum atomic E-state index is 11.5. The van der Waals surface area contributed by atoms with Crippen LogP contribution in [0.5, 0.6) is 0 Å². The van der Waals surface area contributed by atoms with Gasteiger partial charge in [0.2, 0.25) is 0 Å². The minimum atomic E-state index is -0.856. The number of hydrogen-bond acceptors (Lipinski definition) is 3. The third-order valence-corrected chi connectivity index (χ3v) is 2.97. The first-order valence-electron chi connectivity index (χ1n) is 5.01. The molecule has 0 saturated heterocycles. The molecule has 1 unspecified atom stereocenters. The molecule has 0 saturated carbocycles. The molecule has 2 rings (SSSR count). The van der Waals surface area contributed by atoms with Crippen molar-refractivity contribution in [2.75, 3.05) is 7.11 Å². The van der Waals surface area contributed by atoms with Crippen LogP contribution in [0.3, 0.4) is 0 Å². The molecule has 0 amide bonds. The van der Waals surface area contributed by atoms with Gasteiger partial charge in [0.05, 0.1) is 7.11 Å². The molecular formula is C12H15NO2. The van der Waals surface area contributed by atoms with E-state index in [1.54, 1.807) is 0 Å². The van der Waals surface area contributed by atoms with Crippen molar-refractivity contribution in [1.82, 2.24) is 0 Å². The molecule has 3 heteroatoms. The number of rotatable bonds is 1. The number of aryl methyl sites for hydroxylation is 1. The minimum absolute atomic E-state index is 0.323. The van der Waals surface area contributed by atoms with Crippen molar-refractivity contribution in [1.29, 1.82) is 0 Å². The summed E-state index contributed by atoms with van der Waals surface area (Å²) in [6.07, 6.45) is 1.16. The van der Waals surface area contributed by atoms with Crippen molar-refractivity contribution in [3.05, 3.63) is 34.9 Å². The highest BCUT2D eigenvalue weighted by Crippen LogP contribution is 2.29. The first-order chi connectivity index (χ1) is 7.05. The second-order valence-electron chi connectivity index (χ2n) is 4.27. The zero-order chi connectivity index (χ0) is 11.1. The summed E-state index contributed by atoms with van der Waals surface area (Å²) in [7, 11) is 1.38. The Labute approximate surface area is 89.2 Å². The van der Waals surface area contributed by atoms with Gasteiger partial charge in [0.15, 0.2) is 0 Å². The van der Waals surface area contributed by atoms with Crippen LogP contribution in [-0.4, -0.2) is 18.6 Å². The van der Waals surface area contributed by atoms with Crippen molar-refractivity contribution < 1.29 is 9.53 Å². The summed E-state index contributed by atoms with van der Waals surface area (Å²) >= 11 is 0. The highest BCUT2D eigenvalue weighted by molar-refractivity contribution is 5.82. The number of carbonyl (C=O) groups is 1. The van der Waals surface area contributed by atoms with Crippen LogP contribution >= 0.6 is 0 Å². The van der Waals surface area contributed by atoms with Gasteiger partial charge in [0, 0.05) is 12.8 Å². The normalized spacial score (nSPS) is 23.7. The topological polar surface area (TPSA) is 52.3 Å². The fourth-order valence-corrected chi connectivity index (χ4v) is 2.18. The van der Waals surface area contributed by atoms with Gasteiger partial charge in [0.1, 0.15) is 5.54 Å². The zero-order valence-electron chi connectivity index (χ0n) is 9.04. The van der Waals surface area contributed by atoms with Crippen LogP contribution in [0.2, 0.25) is 0 Å². The first kappa shape index (κ1) is 10.2. The lowest BCUT2D eigenvalue weighted by Crippen LogP contribution is -2.49. The summed E-state index contributed by atoms with van der Waals surface area (Å²) < 4.78 is 4.73. The summed E-state index contributed by atoms with van der Waals surface area (Å²) in [6, 6.07) is 6.18. The number of esters is 1. The van der Waals surface area contributed by atoms with E-state index in [0.29, 0.717) is 12.8 Å². The highest BCUT2D eigenvalue weighted by atomic mass is 16.5. The summed E-state index contributed by atoms with van der Waals surface area (Å²) in [5.74, 6) is -0.323. The van der Waals surface area contributed by atoms with E-state index in [9.17, 15) is 4.79 Å². The molecule has 2 N–H and O–H groups in total. The Balaban J connectivity index is 2.32. The van der Waals surface area contributed by atoms with E-state index in [1.165, 1.54) is 18.2 Å². The summed E-state index contributed by atoms with van der Waals surface area (Å²) in [5.41, 5.74) is 8.71. The highest BCUT2D eigenvalue weighted by Gasteiger charge is 2.41. The lowest BCUT2D eigenvalue weighted by Gasteiger charge is -2.19. The van der Waals surface area contributed by atoms with Gasteiger partial charge in [0.25, 0.3) is 0 Å². The molecule has 0 spiro atoms. The Morgan fingerprint density at radius 3 is 2.73 bits per heavy atom. The summed E-state index contributed by atoms with van der Waals surface area (Å²) in [6.45, 7) is 2.04. The molecular weight excluding hydrogens is 190 g/mol. The minimum Gasteiger partial charge on any atom is -0.468 e. The van der Waals surface area contributed by atoms with E-state index < -0.39 is 5.54 Å². The van der Waals surface area contributed by atoms with Gasteiger partial charge < -0.3 is 10.5 Å². The second kappa shape index (κ2) is 3.35. The van der Waals surface area contributed by atoms with Crippen LogP contribution in [0.25, 0.3) is 0 Å². The van der Waals surface area contributed by atoms with Crippen LogP contribution in [0, 0.1) is 6.92 Å². The number of fused-ring (bicyclic) bond motifs is 1. The molecule has 0 heterocycles. The third kappa shape index (κ3) is 1.63. The molecule has 0 fully saturated rings. The quantitative estimate of drug-likeness (QED) is 0.695. The fraction of sp³-hybridized carbons (Fsp3) is 0.417. The predicted molar refractivity (Wildman–Crippen MR) is 57.5 cm³/mol. The third-order valence-electron chi connectivity index (χ3n) is 2.97. The molecule has 1 aromatic rings. The predicted octanol–water partition coefficient (Wildman–Crippen LogP) is 0.964. The van der Waals surface area contributed by atoms with Crippen LogP contribution in [-0.2, 0) is 22.4 Å². The van der Waals surface area contributed by atoms with Crippen LogP contribution in [0.15, 0.2) is 18.2 Å². The average Bonchev–Trinajstić information content (AvgIpc) is 2.53. The second-order valence-corrected chi connectivity index (χ2v) is 4.27. The number of ether oxygens (including phenoxy) is 1. The van der Waals surface area contributed by atoms with E-state index in [1.807, 2.05) is 19.1 Å². The number of nitrogens with two attached hydrogens (primary N) is 1. The van der Waals surface area contributed by atoms with Gasteiger partial charge in [-0.2, -0.15) is 0 Å². The molecule has 0 bridgehead atoms. The molecule has 0 radical (unpaired) electrons. The van der Waals surface area contributed by atoms with Crippen molar-refractivity contribution in [3.8, 4) is 0 Å². The van der Waals surface area contributed by atoms with Gasteiger partial charge in [-0.3, -0.25) is 4.79 Å². The van der Waals surface area contributed by atoms with Gasteiger partial charge in [-0.05, 0) is 18.1 Å². The van der Waals surface area contributed by atoms with Crippen molar-refractivity contribution in [2.24, 2.45) is 5.73 Å². The Bertz CT molecular complexity index is 414. The van der Waals surface area contributed by atoms with Gasteiger partial charge in [-0.25, -0.2) is 0 Å². The molecule has 15 heavy (non-hydrogen) atoms. The molecule has 0 aromatic heterocycles. The molecule has 1 aliphatic rings. The molecule has 1 atom stereocenters. The van der Waals surface area contributed by atoms with E-state index >= 15 is 0 Å². The van der Waals surface area contributed by atoms with Crippen molar-refractivity contribution in [2.45, 2.75) is 25.3 Å². The molecule has 80 valence electrons. The standard InChI is InChI=1S/C12H15NO2/c1-8-3-4-9-6-12(13,11(14)15-2)7-10(9)5-8/h3-5H,6-7,13H2,1-2H3. The van der Waals surface area contributed by atoms with Crippen LogP contribution in [0.1, 0.15) is 16.7 Å². The molecule has 3 nitrogen and oxygen atoms in total. The van der Waals surface area contributed by atoms with E-state index in [-0.39, 0.29) is 5.97 Å². The first-order valence-corrected chi connectivity index (χ1v) is 5.01. The molecule has 0 aliphatic heterocycles. The fourth-order valence-electron chi connectivity index (χ4n) is 2.18. The molecule has 1 aliphatic carbocycles. The van der Waals surface area contributed by atoms with Crippen molar-refractivity contribution in [3.63, 3.8) is 0 Å².